The Bertz CT molecular complexity index is 1020. The average molecular weight is 431 g/mol. The lowest BCUT2D eigenvalue weighted by molar-refractivity contribution is -0.117. The highest BCUT2D eigenvalue weighted by Crippen LogP contribution is 2.48. The van der Waals surface area contributed by atoms with E-state index in [9.17, 15) is 17.6 Å². The summed E-state index contributed by atoms with van der Waals surface area (Å²) in [6.45, 7) is 0. The number of anilines is 1. The molecule has 0 spiro atoms. The van der Waals surface area contributed by atoms with Gasteiger partial charge >= 0.3 is 0 Å². The molecule has 0 aliphatic heterocycles. The first-order chi connectivity index (χ1) is 14.4. The van der Waals surface area contributed by atoms with Crippen LogP contribution in [0.2, 0.25) is 0 Å². The lowest BCUT2D eigenvalue weighted by Crippen LogP contribution is -2.38. The third kappa shape index (κ3) is 4.27. The van der Waals surface area contributed by atoms with Crippen LogP contribution in [0.4, 0.5) is 10.1 Å². The molecule has 1 amide bonds. The molecule has 1 N–H and O–H groups in total. The maximum Gasteiger partial charge on any atom is 0.243 e. The van der Waals surface area contributed by atoms with Crippen LogP contribution in [0.1, 0.15) is 50.0 Å². The minimum absolute atomic E-state index is 0.0494. The van der Waals surface area contributed by atoms with Crippen molar-refractivity contribution in [3.05, 3.63) is 59.9 Å². The number of benzene rings is 2. The van der Waals surface area contributed by atoms with Gasteiger partial charge in [0.2, 0.25) is 15.9 Å². The summed E-state index contributed by atoms with van der Waals surface area (Å²) in [5.41, 5.74) is 1.11. The molecule has 2 fully saturated rings. The van der Waals surface area contributed by atoms with E-state index in [2.05, 4.69) is 5.32 Å². The fourth-order valence-corrected chi connectivity index (χ4v) is 5.77. The third-order valence-corrected chi connectivity index (χ3v) is 8.24. The first kappa shape index (κ1) is 21.0. The van der Waals surface area contributed by atoms with E-state index < -0.39 is 10.0 Å². The van der Waals surface area contributed by atoms with Crippen molar-refractivity contribution in [3.63, 3.8) is 0 Å². The highest BCUT2D eigenvalue weighted by molar-refractivity contribution is 7.89. The van der Waals surface area contributed by atoms with Gasteiger partial charge in [0.15, 0.2) is 0 Å². The maximum absolute atomic E-state index is 13.9. The molecule has 0 heterocycles. The Balaban J connectivity index is 1.39. The Morgan fingerprint density at radius 2 is 1.70 bits per heavy atom. The number of amides is 1. The Morgan fingerprint density at radius 1 is 1.03 bits per heavy atom. The smallest absolute Gasteiger partial charge is 0.243 e. The van der Waals surface area contributed by atoms with Gasteiger partial charge in [-0.1, -0.05) is 37.5 Å². The largest absolute Gasteiger partial charge is 0.326 e. The first-order valence-electron chi connectivity index (χ1n) is 10.5. The summed E-state index contributed by atoms with van der Waals surface area (Å²) < 4.78 is 41.2. The van der Waals surface area contributed by atoms with E-state index in [1.165, 1.54) is 22.5 Å². The minimum atomic E-state index is -3.56. The molecule has 2 aliphatic carbocycles. The van der Waals surface area contributed by atoms with Crippen LogP contribution in [0.25, 0.3) is 0 Å². The van der Waals surface area contributed by atoms with Crippen molar-refractivity contribution in [2.45, 2.75) is 55.4 Å². The predicted molar refractivity (Wildman–Crippen MR) is 114 cm³/mol. The number of carbonyl (C=O) groups excluding carboxylic acids is 1. The van der Waals surface area contributed by atoms with Gasteiger partial charge in [0.25, 0.3) is 0 Å². The molecule has 2 aromatic carbocycles. The van der Waals surface area contributed by atoms with Crippen molar-refractivity contribution >= 4 is 21.6 Å². The van der Waals surface area contributed by atoms with Gasteiger partial charge in [-0.2, -0.15) is 4.31 Å². The number of hydrogen-bond acceptors (Lipinski definition) is 3. The average Bonchev–Trinajstić information content (AvgIpc) is 3.55. The van der Waals surface area contributed by atoms with Crippen LogP contribution in [-0.4, -0.2) is 31.7 Å². The van der Waals surface area contributed by atoms with Crippen LogP contribution < -0.4 is 5.32 Å². The van der Waals surface area contributed by atoms with Crippen molar-refractivity contribution in [1.29, 1.82) is 0 Å². The van der Waals surface area contributed by atoms with E-state index in [4.69, 9.17) is 0 Å². The van der Waals surface area contributed by atoms with E-state index in [1.807, 2.05) is 0 Å². The predicted octanol–water partition coefficient (Wildman–Crippen LogP) is 4.52. The van der Waals surface area contributed by atoms with Gasteiger partial charge in [0.1, 0.15) is 5.82 Å². The fraction of sp³-hybridized carbons (Fsp3) is 0.435. The molecule has 7 heteroatoms. The fourth-order valence-electron chi connectivity index (χ4n) is 4.36. The summed E-state index contributed by atoms with van der Waals surface area (Å²) in [7, 11) is -1.91. The van der Waals surface area contributed by atoms with E-state index >= 15 is 0 Å². The molecular formula is C23H27FN2O3S. The standard InChI is InChI=1S/C23H27FN2O3S/c1-26(17-7-3-2-4-8-17)30(28,29)18-13-11-16(12-14-18)25-23(27)21-15-20(21)19-9-5-6-10-22(19)24/h5-6,9-14,17,20-21H,2-4,7-8,15H2,1H3,(H,25,27). The molecule has 2 aromatic rings. The number of sulfonamides is 1. The van der Waals surface area contributed by atoms with Gasteiger partial charge in [-0.25, -0.2) is 12.8 Å². The van der Waals surface area contributed by atoms with Crippen LogP contribution in [-0.2, 0) is 14.8 Å². The summed E-state index contributed by atoms with van der Waals surface area (Å²) in [6.07, 6.45) is 5.70. The van der Waals surface area contributed by atoms with Crippen molar-refractivity contribution in [2.24, 2.45) is 5.92 Å². The van der Waals surface area contributed by atoms with Crippen LogP contribution in [0.5, 0.6) is 0 Å². The Hall–Kier alpha value is -2.25. The number of halogens is 1. The van der Waals surface area contributed by atoms with Crippen LogP contribution in [0.15, 0.2) is 53.4 Å². The summed E-state index contributed by atoms with van der Waals surface area (Å²) in [5, 5.41) is 2.82. The normalized spacial score (nSPS) is 22.1. The number of rotatable bonds is 6. The molecule has 2 saturated carbocycles. The quantitative estimate of drug-likeness (QED) is 0.733. The zero-order valence-corrected chi connectivity index (χ0v) is 17.9. The molecule has 0 saturated heterocycles. The molecule has 160 valence electrons. The van der Waals surface area contributed by atoms with Gasteiger partial charge < -0.3 is 5.32 Å². The topological polar surface area (TPSA) is 66.5 Å². The van der Waals surface area contributed by atoms with Gasteiger partial charge in [-0.15, -0.1) is 0 Å². The molecule has 2 unspecified atom stereocenters. The van der Waals surface area contributed by atoms with Crippen molar-refractivity contribution in [2.75, 3.05) is 12.4 Å². The monoisotopic (exact) mass is 430 g/mol. The SMILES string of the molecule is CN(C1CCCCC1)S(=O)(=O)c1ccc(NC(=O)C2CC2c2ccccc2F)cc1. The molecule has 2 aliphatic rings. The Morgan fingerprint density at radius 3 is 2.37 bits per heavy atom. The van der Waals surface area contributed by atoms with Gasteiger partial charge in [-0.3, -0.25) is 4.79 Å². The second-order valence-corrected chi connectivity index (χ2v) is 10.3. The highest BCUT2D eigenvalue weighted by Gasteiger charge is 2.45. The Labute approximate surface area is 177 Å². The number of nitrogens with zero attached hydrogens (tertiary/aromatic N) is 1. The molecule has 4 rings (SSSR count). The van der Waals surface area contributed by atoms with E-state index in [1.54, 1.807) is 37.4 Å². The molecular weight excluding hydrogens is 403 g/mol. The van der Waals surface area contributed by atoms with Gasteiger partial charge in [0.05, 0.1) is 4.90 Å². The molecule has 0 bridgehead atoms. The molecule has 5 nitrogen and oxygen atoms in total. The summed E-state index contributed by atoms with van der Waals surface area (Å²) in [6, 6.07) is 12.9. The molecule has 2 atom stereocenters. The molecule has 0 aromatic heterocycles. The van der Waals surface area contributed by atoms with E-state index in [0.717, 1.165) is 32.1 Å². The zero-order chi connectivity index (χ0) is 21.3. The van der Waals surface area contributed by atoms with Crippen molar-refractivity contribution in [1.82, 2.24) is 4.31 Å². The lowest BCUT2D eigenvalue weighted by Gasteiger charge is -2.30. The lowest BCUT2D eigenvalue weighted by atomic mass is 9.96. The summed E-state index contributed by atoms with van der Waals surface area (Å²) >= 11 is 0. The van der Waals surface area contributed by atoms with E-state index in [-0.39, 0.29) is 34.5 Å². The molecule has 30 heavy (non-hydrogen) atoms. The van der Waals surface area contributed by atoms with Gasteiger partial charge in [0, 0.05) is 24.7 Å². The van der Waals surface area contributed by atoms with Gasteiger partial charge in [-0.05, 0) is 61.1 Å². The van der Waals surface area contributed by atoms with Crippen molar-refractivity contribution in [3.8, 4) is 0 Å². The first-order valence-corrected chi connectivity index (χ1v) is 12.0. The molecule has 0 radical (unpaired) electrons. The van der Waals surface area contributed by atoms with Crippen LogP contribution >= 0.6 is 0 Å². The van der Waals surface area contributed by atoms with E-state index in [0.29, 0.717) is 17.7 Å². The second-order valence-electron chi connectivity index (χ2n) is 8.30. The second kappa shape index (κ2) is 8.47. The van der Waals surface area contributed by atoms with Crippen LogP contribution in [0.3, 0.4) is 0 Å². The number of nitrogens with one attached hydrogen (secondary N) is 1. The number of carbonyl (C=O) groups is 1. The summed E-state index contributed by atoms with van der Waals surface area (Å²) in [4.78, 5) is 12.7. The third-order valence-electron chi connectivity index (χ3n) is 6.32. The Kier molecular flexibility index (Phi) is 5.93. The number of hydrogen-bond donors (Lipinski definition) is 1. The minimum Gasteiger partial charge on any atom is -0.326 e. The summed E-state index contributed by atoms with van der Waals surface area (Å²) in [5.74, 6) is -0.814. The zero-order valence-electron chi connectivity index (χ0n) is 17.1. The maximum atomic E-state index is 13.9. The van der Waals surface area contributed by atoms with Crippen molar-refractivity contribution < 1.29 is 17.6 Å². The highest BCUT2D eigenvalue weighted by atomic mass is 32.2. The van der Waals surface area contributed by atoms with Crippen LogP contribution in [0, 0.1) is 11.7 Å².